The fourth-order valence-electron chi connectivity index (χ4n) is 4.80. The van der Waals surface area contributed by atoms with Crippen molar-refractivity contribution in [3.05, 3.63) is 88.4 Å². The molecule has 188 valence electrons. The van der Waals surface area contributed by atoms with Gasteiger partial charge in [0.05, 0.1) is 4.90 Å². The maximum Gasteiger partial charge on any atom is 0.251 e. The number of nitrogens with two attached hydrogens (primary N) is 1. The van der Waals surface area contributed by atoms with Crippen LogP contribution in [0.2, 0.25) is 0 Å². The Bertz CT molecular complexity index is 1610. The standard InChI is InChI=1S/C28H27N5O2S2/c1-15-10-25(29)32-16(2)24(15)14-30-28(34)18-5-7-21-23(13-18)27(37-35)22-12-17(11-19-8-9-31-33-19)4-6-20(22)26(21)36-3/h4-10,12-13,35H,11,14H2,1-3H3,(H2,29,32)(H,30,34)(H,31,33). The van der Waals surface area contributed by atoms with E-state index >= 15 is 0 Å². The summed E-state index contributed by atoms with van der Waals surface area (Å²) in [5.74, 6) is 0.281. The number of aromatic amines is 1. The molecule has 0 saturated heterocycles. The first kappa shape index (κ1) is 25.1. The lowest BCUT2D eigenvalue weighted by molar-refractivity contribution is 0.0951. The van der Waals surface area contributed by atoms with E-state index in [1.54, 1.807) is 18.0 Å². The summed E-state index contributed by atoms with van der Waals surface area (Å²) in [5, 5.41) is 13.9. The van der Waals surface area contributed by atoms with E-state index in [4.69, 9.17) is 5.73 Å². The highest BCUT2D eigenvalue weighted by atomic mass is 32.2. The van der Waals surface area contributed by atoms with Crippen LogP contribution >= 0.6 is 23.8 Å². The van der Waals surface area contributed by atoms with E-state index in [1.165, 1.54) is 0 Å². The molecule has 7 nitrogen and oxygen atoms in total. The van der Waals surface area contributed by atoms with Crippen molar-refractivity contribution in [2.75, 3.05) is 12.0 Å². The number of benzene rings is 3. The number of nitrogens with one attached hydrogen (secondary N) is 2. The smallest absolute Gasteiger partial charge is 0.251 e. The minimum absolute atomic E-state index is 0.190. The van der Waals surface area contributed by atoms with Crippen molar-refractivity contribution in [2.24, 2.45) is 0 Å². The van der Waals surface area contributed by atoms with Crippen molar-refractivity contribution in [1.82, 2.24) is 20.5 Å². The summed E-state index contributed by atoms with van der Waals surface area (Å²) in [7, 11) is 0. The lowest BCUT2D eigenvalue weighted by atomic mass is 9.98. The van der Waals surface area contributed by atoms with E-state index in [0.717, 1.165) is 71.5 Å². The second-order valence-corrected chi connectivity index (χ2v) is 10.4. The zero-order valence-electron chi connectivity index (χ0n) is 20.8. The van der Waals surface area contributed by atoms with Gasteiger partial charge in [0.2, 0.25) is 0 Å². The van der Waals surface area contributed by atoms with Crippen LogP contribution in [-0.4, -0.2) is 31.9 Å². The summed E-state index contributed by atoms with van der Waals surface area (Å²) < 4.78 is 10.4. The van der Waals surface area contributed by atoms with Gasteiger partial charge in [-0.05, 0) is 83.3 Å². The minimum atomic E-state index is -0.190. The molecule has 0 atom stereocenters. The Labute approximate surface area is 223 Å². The van der Waals surface area contributed by atoms with Crippen LogP contribution in [0.25, 0.3) is 21.5 Å². The van der Waals surface area contributed by atoms with Crippen LogP contribution in [-0.2, 0) is 13.0 Å². The van der Waals surface area contributed by atoms with Gasteiger partial charge in [-0.1, -0.05) is 18.2 Å². The van der Waals surface area contributed by atoms with Gasteiger partial charge in [0.15, 0.2) is 0 Å². The monoisotopic (exact) mass is 529 g/mol. The van der Waals surface area contributed by atoms with Crippen LogP contribution in [0.3, 0.4) is 0 Å². The van der Waals surface area contributed by atoms with E-state index in [-0.39, 0.29) is 5.91 Å². The summed E-state index contributed by atoms with van der Waals surface area (Å²) >= 11 is 2.38. The lowest BCUT2D eigenvalue weighted by Gasteiger charge is -2.16. The molecule has 0 aliphatic rings. The molecule has 37 heavy (non-hydrogen) atoms. The molecule has 0 radical (unpaired) electrons. The number of fused-ring (bicyclic) bond motifs is 2. The number of nitrogen functional groups attached to an aromatic ring is 1. The number of H-pyrrole nitrogens is 1. The van der Waals surface area contributed by atoms with Gasteiger partial charge < -0.3 is 15.6 Å². The first-order valence-corrected chi connectivity index (χ1v) is 13.8. The summed E-state index contributed by atoms with van der Waals surface area (Å²) in [4.78, 5) is 19.3. The Balaban J connectivity index is 1.54. The SMILES string of the molecule is CSc1c2ccc(Cc3ccn[nH]3)cc2c(SO)c2cc(C(=O)NCc3c(C)cc(N)nc3C)ccc12. The Morgan fingerprint density at radius 1 is 1.03 bits per heavy atom. The zero-order valence-corrected chi connectivity index (χ0v) is 22.4. The molecule has 0 saturated carbocycles. The second kappa shape index (κ2) is 10.5. The number of amides is 1. The van der Waals surface area contributed by atoms with Gasteiger partial charge in [-0.15, -0.1) is 11.8 Å². The van der Waals surface area contributed by atoms with Crippen LogP contribution in [0, 0.1) is 13.8 Å². The molecule has 2 aromatic heterocycles. The summed E-state index contributed by atoms with van der Waals surface area (Å²) in [5.41, 5.74) is 11.2. The topological polar surface area (TPSA) is 117 Å². The molecule has 9 heteroatoms. The maximum atomic E-state index is 13.2. The van der Waals surface area contributed by atoms with Crippen LogP contribution in [0.1, 0.15) is 38.4 Å². The van der Waals surface area contributed by atoms with Crippen LogP contribution in [0.4, 0.5) is 5.82 Å². The molecular formula is C28H27N5O2S2. The highest BCUT2D eigenvalue weighted by Gasteiger charge is 2.17. The quantitative estimate of drug-likeness (QED) is 0.114. The fourth-order valence-corrected chi connectivity index (χ4v) is 6.13. The molecule has 1 amide bonds. The molecule has 5 aromatic rings. The minimum Gasteiger partial charge on any atom is -0.384 e. The number of hydrogen-bond acceptors (Lipinski definition) is 7. The molecule has 0 aliphatic heterocycles. The predicted molar refractivity (Wildman–Crippen MR) is 152 cm³/mol. The number of thioether (sulfide) groups is 1. The highest BCUT2D eigenvalue weighted by Crippen LogP contribution is 2.42. The predicted octanol–water partition coefficient (Wildman–Crippen LogP) is 6.12. The van der Waals surface area contributed by atoms with Crippen molar-refractivity contribution in [1.29, 1.82) is 0 Å². The fraction of sp³-hybridized carbons (Fsp3) is 0.179. The molecule has 0 spiro atoms. The first-order chi connectivity index (χ1) is 17.9. The molecule has 5 N–H and O–H groups in total. The van der Waals surface area contributed by atoms with Gasteiger partial charge in [-0.2, -0.15) is 5.10 Å². The number of anilines is 1. The van der Waals surface area contributed by atoms with Gasteiger partial charge in [0.1, 0.15) is 5.82 Å². The van der Waals surface area contributed by atoms with E-state index in [2.05, 4.69) is 38.7 Å². The zero-order chi connectivity index (χ0) is 26.1. The molecule has 0 bridgehead atoms. The van der Waals surface area contributed by atoms with Gasteiger partial charge in [0.25, 0.3) is 5.91 Å². The lowest BCUT2D eigenvalue weighted by Crippen LogP contribution is -2.24. The van der Waals surface area contributed by atoms with Gasteiger partial charge in [-0.3, -0.25) is 9.89 Å². The van der Waals surface area contributed by atoms with E-state index < -0.39 is 0 Å². The third kappa shape index (κ3) is 4.90. The van der Waals surface area contributed by atoms with Gasteiger partial charge in [0, 0.05) is 58.4 Å². The number of pyridine rings is 1. The third-order valence-electron chi connectivity index (χ3n) is 6.59. The van der Waals surface area contributed by atoms with Crippen LogP contribution < -0.4 is 11.1 Å². The number of carbonyl (C=O) groups excluding carboxylic acids is 1. The number of rotatable bonds is 7. The molecular weight excluding hydrogens is 502 g/mol. The third-order valence-corrected chi connectivity index (χ3v) is 8.06. The Morgan fingerprint density at radius 2 is 1.78 bits per heavy atom. The number of aromatic nitrogens is 3. The normalized spacial score (nSPS) is 11.4. The number of nitrogens with zero attached hydrogens (tertiary/aromatic N) is 2. The van der Waals surface area contributed by atoms with E-state index in [1.807, 2.05) is 50.4 Å². The molecule has 2 heterocycles. The average molecular weight is 530 g/mol. The van der Waals surface area contributed by atoms with Crippen molar-refractivity contribution in [3.8, 4) is 0 Å². The van der Waals surface area contributed by atoms with Crippen molar-refractivity contribution >= 4 is 57.1 Å². The Hall–Kier alpha value is -3.53. The summed E-state index contributed by atoms with van der Waals surface area (Å²) in [6.45, 7) is 4.21. The molecule has 3 aromatic carbocycles. The second-order valence-electron chi connectivity index (χ2n) is 8.96. The summed E-state index contributed by atoms with van der Waals surface area (Å²) in [6, 6.07) is 15.8. The van der Waals surface area contributed by atoms with Crippen molar-refractivity contribution in [3.63, 3.8) is 0 Å². The van der Waals surface area contributed by atoms with Crippen LogP contribution in [0.15, 0.2) is 64.5 Å². The maximum absolute atomic E-state index is 13.2. The van der Waals surface area contributed by atoms with Gasteiger partial charge >= 0.3 is 0 Å². The Kier molecular flexibility index (Phi) is 7.10. The number of aryl methyl sites for hydroxylation is 2. The first-order valence-electron chi connectivity index (χ1n) is 11.8. The van der Waals surface area contributed by atoms with E-state index in [9.17, 15) is 9.35 Å². The van der Waals surface area contributed by atoms with E-state index in [0.29, 0.717) is 24.3 Å². The largest absolute Gasteiger partial charge is 0.384 e. The highest BCUT2D eigenvalue weighted by molar-refractivity contribution is 7.99. The number of hydrogen-bond donors (Lipinski definition) is 4. The average Bonchev–Trinajstić information content (AvgIpc) is 3.39. The van der Waals surface area contributed by atoms with Gasteiger partial charge in [-0.25, -0.2) is 4.98 Å². The molecule has 0 fully saturated rings. The Morgan fingerprint density at radius 3 is 2.46 bits per heavy atom. The van der Waals surface area contributed by atoms with Crippen LogP contribution in [0.5, 0.6) is 0 Å². The summed E-state index contributed by atoms with van der Waals surface area (Å²) in [6.07, 6.45) is 4.49. The molecule has 0 unspecified atom stereocenters. The molecule has 0 aliphatic carbocycles. The number of carbonyl (C=O) groups is 1. The molecule has 5 rings (SSSR count). The van der Waals surface area contributed by atoms with Crippen molar-refractivity contribution < 1.29 is 9.35 Å². The van der Waals surface area contributed by atoms with Crippen molar-refractivity contribution in [2.45, 2.75) is 36.6 Å².